The van der Waals surface area contributed by atoms with Crippen molar-refractivity contribution >= 4 is 11.4 Å². The normalized spacial score (nSPS) is 11.0. The molecule has 0 heterocycles. The standard InChI is InChI=1S/C24H36N2.C21H30N2/c1-8-10-11-26(9-2)24-19(5)14-22(15-23(24)16-25-7)21-12-17(3)20(6)18(4)13-21;1-8-23(7)21-16(4)11-19(12-20(21)13-22-6)18-9-14(2)17(5)15(3)10-18/h12-15,25H,8-11,16H2,1-7H3;9-12,22H,8,13H2,1-7H3. The SMILES string of the molecule is CCCCN(CC)c1c(C)cc(-c2cc(C)c(C)c(C)c2)cc1CNC.CCN(C)c1c(C)cc(-c2cc(C)c(C)c(C)c2)cc1CNC. The number of nitrogens with zero attached hydrogens (tertiary/aromatic N) is 2. The molecular formula is C45H66N4. The summed E-state index contributed by atoms with van der Waals surface area (Å²) in [6.45, 7) is 29.4. The molecule has 0 saturated carbocycles. The molecular weight excluding hydrogens is 597 g/mol. The molecule has 0 spiro atoms. The van der Waals surface area contributed by atoms with Crippen molar-refractivity contribution in [1.29, 1.82) is 0 Å². The lowest BCUT2D eigenvalue weighted by Crippen LogP contribution is -2.26. The van der Waals surface area contributed by atoms with Crippen LogP contribution in [0.15, 0.2) is 48.5 Å². The van der Waals surface area contributed by atoms with Crippen molar-refractivity contribution in [2.24, 2.45) is 0 Å². The first-order chi connectivity index (χ1) is 23.3. The van der Waals surface area contributed by atoms with E-state index in [1.807, 2.05) is 14.1 Å². The lowest BCUT2D eigenvalue weighted by atomic mass is 9.93. The second kappa shape index (κ2) is 18.4. The van der Waals surface area contributed by atoms with E-state index in [0.29, 0.717) is 0 Å². The summed E-state index contributed by atoms with van der Waals surface area (Å²) >= 11 is 0. The summed E-state index contributed by atoms with van der Waals surface area (Å²) in [6.07, 6.45) is 2.47. The van der Waals surface area contributed by atoms with Gasteiger partial charge in [0.1, 0.15) is 0 Å². The Bertz CT molecular complexity index is 1650. The van der Waals surface area contributed by atoms with E-state index < -0.39 is 0 Å². The first-order valence-electron chi connectivity index (χ1n) is 18.5. The molecule has 0 aliphatic rings. The van der Waals surface area contributed by atoms with Gasteiger partial charge in [-0.1, -0.05) is 37.6 Å². The van der Waals surface area contributed by atoms with Crippen LogP contribution in [-0.4, -0.2) is 40.8 Å². The zero-order valence-corrected chi connectivity index (χ0v) is 33.5. The van der Waals surface area contributed by atoms with Crippen molar-refractivity contribution in [3.05, 3.63) is 104 Å². The van der Waals surface area contributed by atoms with Gasteiger partial charge < -0.3 is 20.4 Å². The first kappa shape index (κ1) is 39.8. The average molecular weight is 663 g/mol. The van der Waals surface area contributed by atoms with E-state index in [0.717, 1.165) is 32.7 Å². The molecule has 0 radical (unpaired) electrons. The maximum absolute atomic E-state index is 3.37. The van der Waals surface area contributed by atoms with Crippen LogP contribution in [0.3, 0.4) is 0 Å². The van der Waals surface area contributed by atoms with Crippen molar-refractivity contribution in [2.75, 3.05) is 50.6 Å². The molecule has 0 aromatic heterocycles. The van der Waals surface area contributed by atoms with Crippen LogP contribution in [0.1, 0.15) is 89.2 Å². The minimum Gasteiger partial charge on any atom is -0.374 e. The number of benzene rings is 4. The van der Waals surface area contributed by atoms with Crippen molar-refractivity contribution in [3.8, 4) is 22.3 Å². The first-order valence-corrected chi connectivity index (χ1v) is 18.5. The van der Waals surface area contributed by atoms with Gasteiger partial charge in [0.2, 0.25) is 0 Å². The Labute approximate surface area is 300 Å². The molecule has 0 amide bonds. The average Bonchev–Trinajstić information content (AvgIpc) is 3.06. The van der Waals surface area contributed by atoms with Gasteiger partial charge in [0.25, 0.3) is 0 Å². The third-order valence-corrected chi connectivity index (χ3v) is 10.3. The van der Waals surface area contributed by atoms with Gasteiger partial charge >= 0.3 is 0 Å². The second-order valence-corrected chi connectivity index (χ2v) is 14.1. The van der Waals surface area contributed by atoms with Gasteiger partial charge in [0.15, 0.2) is 0 Å². The van der Waals surface area contributed by atoms with E-state index in [1.165, 1.54) is 102 Å². The maximum Gasteiger partial charge on any atom is 0.0441 e. The molecule has 4 nitrogen and oxygen atoms in total. The Kier molecular flexibility index (Phi) is 15.0. The van der Waals surface area contributed by atoms with E-state index >= 15 is 0 Å². The molecule has 4 aromatic carbocycles. The van der Waals surface area contributed by atoms with E-state index in [4.69, 9.17) is 0 Å². The van der Waals surface area contributed by atoms with E-state index in [2.05, 4.69) is 152 Å². The van der Waals surface area contributed by atoms with Crippen LogP contribution in [0.4, 0.5) is 11.4 Å². The van der Waals surface area contributed by atoms with Gasteiger partial charge in [-0.15, -0.1) is 0 Å². The fourth-order valence-corrected chi connectivity index (χ4v) is 7.03. The third kappa shape index (κ3) is 9.77. The lowest BCUT2D eigenvalue weighted by Gasteiger charge is -2.28. The number of rotatable bonds is 13. The molecule has 0 aliphatic carbocycles. The molecule has 0 saturated heterocycles. The van der Waals surface area contributed by atoms with Crippen LogP contribution < -0.4 is 20.4 Å². The summed E-state index contributed by atoms with van der Waals surface area (Å²) in [5.41, 5.74) is 21.8. The Balaban J connectivity index is 0.000000267. The number of aryl methyl sites for hydroxylation is 6. The predicted octanol–water partition coefficient (Wildman–Crippen LogP) is 10.7. The molecule has 4 heteroatoms. The maximum atomic E-state index is 3.37. The highest BCUT2D eigenvalue weighted by Crippen LogP contribution is 2.34. The van der Waals surface area contributed by atoms with Crippen molar-refractivity contribution < 1.29 is 0 Å². The zero-order chi connectivity index (χ0) is 36.4. The molecule has 0 unspecified atom stereocenters. The Hall–Kier alpha value is -3.60. The van der Waals surface area contributed by atoms with Gasteiger partial charge in [-0.25, -0.2) is 0 Å². The largest absolute Gasteiger partial charge is 0.374 e. The summed E-state index contributed by atoms with van der Waals surface area (Å²) in [5.74, 6) is 0. The van der Waals surface area contributed by atoms with E-state index in [1.54, 1.807) is 0 Å². The molecule has 4 rings (SSSR count). The summed E-state index contributed by atoms with van der Waals surface area (Å²) < 4.78 is 0. The number of hydrogen-bond donors (Lipinski definition) is 2. The van der Waals surface area contributed by atoms with Gasteiger partial charge in [-0.05, 0) is 192 Å². The second-order valence-electron chi connectivity index (χ2n) is 14.1. The molecule has 0 bridgehead atoms. The van der Waals surface area contributed by atoms with Gasteiger partial charge in [-0.3, -0.25) is 0 Å². The molecule has 266 valence electrons. The molecule has 0 aliphatic heterocycles. The third-order valence-electron chi connectivity index (χ3n) is 10.3. The van der Waals surface area contributed by atoms with E-state index in [9.17, 15) is 0 Å². The quantitative estimate of drug-likeness (QED) is 0.149. The van der Waals surface area contributed by atoms with Crippen LogP contribution in [0.2, 0.25) is 0 Å². The monoisotopic (exact) mass is 663 g/mol. The number of hydrogen-bond acceptors (Lipinski definition) is 4. The molecule has 0 fully saturated rings. The Morgan fingerprint density at radius 1 is 0.490 bits per heavy atom. The van der Waals surface area contributed by atoms with Crippen LogP contribution in [0, 0.1) is 55.4 Å². The zero-order valence-electron chi connectivity index (χ0n) is 33.5. The molecule has 49 heavy (non-hydrogen) atoms. The highest BCUT2D eigenvalue weighted by molar-refractivity contribution is 5.74. The predicted molar refractivity (Wildman–Crippen MR) is 219 cm³/mol. The number of nitrogens with one attached hydrogen (secondary N) is 2. The van der Waals surface area contributed by atoms with Crippen molar-refractivity contribution in [2.45, 2.75) is 102 Å². The highest BCUT2D eigenvalue weighted by atomic mass is 15.1. The summed E-state index contributed by atoms with van der Waals surface area (Å²) in [7, 11) is 6.22. The summed E-state index contributed by atoms with van der Waals surface area (Å²) in [4.78, 5) is 4.87. The van der Waals surface area contributed by atoms with Gasteiger partial charge in [0, 0.05) is 51.1 Å². The number of unbranched alkanes of at least 4 members (excludes halogenated alkanes) is 1. The topological polar surface area (TPSA) is 30.5 Å². The smallest absolute Gasteiger partial charge is 0.0441 e. The van der Waals surface area contributed by atoms with Crippen LogP contribution in [0.25, 0.3) is 22.3 Å². The van der Waals surface area contributed by atoms with Crippen LogP contribution >= 0.6 is 0 Å². The number of anilines is 2. The molecule has 0 atom stereocenters. The minimum atomic E-state index is 0.887. The van der Waals surface area contributed by atoms with Crippen LogP contribution in [-0.2, 0) is 13.1 Å². The van der Waals surface area contributed by atoms with E-state index in [-0.39, 0.29) is 0 Å². The van der Waals surface area contributed by atoms with Gasteiger partial charge in [-0.2, -0.15) is 0 Å². The van der Waals surface area contributed by atoms with Gasteiger partial charge in [0.05, 0.1) is 0 Å². The fraction of sp³-hybridized carbons (Fsp3) is 0.467. The Morgan fingerprint density at radius 2 is 0.857 bits per heavy atom. The molecule has 4 aromatic rings. The minimum absolute atomic E-state index is 0.887. The molecule has 2 N–H and O–H groups in total. The summed E-state index contributed by atoms with van der Waals surface area (Å²) in [6, 6.07) is 18.7. The fourth-order valence-electron chi connectivity index (χ4n) is 7.03. The highest BCUT2D eigenvalue weighted by Gasteiger charge is 2.16. The van der Waals surface area contributed by atoms with Crippen molar-refractivity contribution in [1.82, 2.24) is 10.6 Å². The summed E-state index contributed by atoms with van der Waals surface area (Å²) in [5, 5.41) is 6.69. The van der Waals surface area contributed by atoms with Crippen molar-refractivity contribution in [3.63, 3.8) is 0 Å². The van der Waals surface area contributed by atoms with Crippen LogP contribution in [0.5, 0.6) is 0 Å². The lowest BCUT2D eigenvalue weighted by molar-refractivity contribution is 0.721. The Morgan fingerprint density at radius 3 is 1.22 bits per heavy atom.